The van der Waals surface area contributed by atoms with Crippen molar-refractivity contribution in [3.63, 3.8) is 0 Å². The number of hydrogen-bond donors (Lipinski definition) is 1. The van der Waals surface area contributed by atoms with E-state index >= 15 is 0 Å². The molecule has 3 aromatic carbocycles. The van der Waals surface area contributed by atoms with Crippen LogP contribution in [0.4, 0.5) is 0 Å². The molecule has 0 spiro atoms. The number of aldehydes is 1. The number of ether oxygens (including phenoxy) is 2. The van der Waals surface area contributed by atoms with Crippen LogP contribution < -0.4 is 0 Å². The Balaban J connectivity index is 1.73. The van der Waals surface area contributed by atoms with Crippen LogP contribution in [0.3, 0.4) is 0 Å². The quantitative estimate of drug-likeness (QED) is 0.163. The molecule has 0 atom stereocenters. The van der Waals surface area contributed by atoms with Crippen molar-refractivity contribution in [1.29, 1.82) is 0 Å². The Morgan fingerprint density at radius 1 is 0.969 bits per heavy atom. The molecule has 32 heavy (non-hydrogen) atoms. The number of Topliss-reactive ketones (excluding diaryl/α,β-unsaturated/α-hetero) is 1. The summed E-state index contributed by atoms with van der Waals surface area (Å²) in [4.78, 5) is 27.8. The number of aromatic nitrogens is 1. The molecule has 0 aliphatic heterocycles. The van der Waals surface area contributed by atoms with Gasteiger partial charge in [-0.15, -0.1) is 0 Å². The average Bonchev–Trinajstić information content (AvgIpc) is 3.22. The highest BCUT2D eigenvalue weighted by molar-refractivity contribution is 6.29. The summed E-state index contributed by atoms with van der Waals surface area (Å²) in [5, 5.41) is 2.13. The van der Waals surface area contributed by atoms with Gasteiger partial charge < -0.3 is 14.5 Å². The minimum atomic E-state index is -0.199. The monoisotopic (exact) mass is 427 g/mol. The third-order valence-electron chi connectivity index (χ3n) is 5.55. The zero-order valence-corrected chi connectivity index (χ0v) is 18.0. The van der Waals surface area contributed by atoms with Gasteiger partial charge in [-0.25, -0.2) is 0 Å². The zero-order valence-electron chi connectivity index (χ0n) is 18.0. The number of hydrogen-bond acceptors (Lipinski definition) is 4. The average molecular weight is 428 g/mol. The van der Waals surface area contributed by atoms with Crippen molar-refractivity contribution in [1.82, 2.24) is 4.98 Å². The third-order valence-corrected chi connectivity index (χ3v) is 5.55. The second-order valence-electron chi connectivity index (χ2n) is 7.63. The van der Waals surface area contributed by atoms with E-state index in [1.807, 2.05) is 30.3 Å². The molecule has 0 amide bonds. The number of para-hydroxylation sites is 1. The van der Waals surface area contributed by atoms with Crippen LogP contribution in [0.15, 0.2) is 67.2 Å². The number of fused-ring (bicyclic) bond motifs is 3. The van der Waals surface area contributed by atoms with Crippen LogP contribution in [0.1, 0.15) is 31.8 Å². The fourth-order valence-electron chi connectivity index (χ4n) is 3.88. The predicted octanol–water partition coefficient (Wildman–Crippen LogP) is 5.24. The summed E-state index contributed by atoms with van der Waals surface area (Å²) in [6.07, 6.45) is 1.42. The number of methoxy groups -OCH3 is 1. The summed E-state index contributed by atoms with van der Waals surface area (Å²) >= 11 is 0. The van der Waals surface area contributed by atoms with Gasteiger partial charge in [0.1, 0.15) is 6.29 Å². The maximum absolute atomic E-state index is 13.1. The molecule has 1 aromatic heterocycles. The van der Waals surface area contributed by atoms with Crippen LogP contribution in [-0.4, -0.2) is 44.0 Å². The summed E-state index contributed by atoms with van der Waals surface area (Å²) in [6.45, 7) is 5.72. The molecule has 0 fully saturated rings. The molecular formula is C27H25NO4. The molecule has 0 saturated heterocycles. The van der Waals surface area contributed by atoms with E-state index in [2.05, 4.69) is 17.6 Å². The summed E-state index contributed by atoms with van der Waals surface area (Å²) < 4.78 is 10.7. The minimum Gasteiger partial charge on any atom is -0.382 e. The lowest BCUT2D eigenvalue weighted by Gasteiger charge is -2.11. The topological polar surface area (TPSA) is 68.4 Å². The summed E-state index contributed by atoms with van der Waals surface area (Å²) in [5.41, 5.74) is 5.19. The largest absolute Gasteiger partial charge is 0.382 e. The number of rotatable bonds is 10. The van der Waals surface area contributed by atoms with Crippen LogP contribution in [0, 0.1) is 0 Å². The summed E-state index contributed by atoms with van der Waals surface area (Å²) in [7, 11) is 1.65. The van der Waals surface area contributed by atoms with Crippen molar-refractivity contribution < 1.29 is 19.1 Å². The van der Waals surface area contributed by atoms with Crippen LogP contribution in [-0.2, 0) is 15.9 Å². The fourth-order valence-corrected chi connectivity index (χ4v) is 3.88. The predicted molar refractivity (Wildman–Crippen MR) is 127 cm³/mol. The molecule has 0 radical (unpaired) electrons. The second kappa shape index (κ2) is 9.73. The molecular weight excluding hydrogens is 402 g/mol. The van der Waals surface area contributed by atoms with Crippen molar-refractivity contribution >= 4 is 39.4 Å². The lowest BCUT2D eigenvalue weighted by atomic mass is 9.93. The Hall–Kier alpha value is -3.54. The first kappa shape index (κ1) is 21.7. The number of benzene rings is 3. The van der Waals surface area contributed by atoms with Gasteiger partial charge in [0.15, 0.2) is 5.78 Å². The second-order valence-corrected chi connectivity index (χ2v) is 7.63. The molecule has 5 nitrogen and oxygen atoms in total. The molecule has 4 rings (SSSR count). The van der Waals surface area contributed by atoms with Gasteiger partial charge in [-0.1, -0.05) is 43.0 Å². The number of H-pyrrole nitrogens is 1. The van der Waals surface area contributed by atoms with E-state index in [1.54, 1.807) is 31.4 Å². The highest BCUT2D eigenvalue weighted by atomic mass is 16.5. The van der Waals surface area contributed by atoms with Crippen LogP contribution in [0.5, 0.6) is 0 Å². The Kier molecular flexibility index (Phi) is 6.59. The number of aromatic amines is 1. The van der Waals surface area contributed by atoms with Gasteiger partial charge in [-0.2, -0.15) is 0 Å². The molecule has 0 aliphatic rings. The molecule has 162 valence electrons. The van der Waals surface area contributed by atoms with E-state index in [0.29, 0.717) is 42.9 Å². The number of ketones is 1. The van der Waals surface area contributed by atoms with Crippen molar-refractivity contribution in [3.8, 4) is 0 Å². The summed E-state index contributed by atoms with van der Waals surface area (Å²) in [6, 6.07) is 18.8. The van der Waals surface area contributed by atoms with Gasteiger partial charge >= 0.3 is 0 Å². The van der Waals surface area contributed by atoms with Gasteiger partial charge in [0, 0.05) is 45.6 Å². The molecule has 4 aromatic rings. The molecule has 0 aliphatic carbocycles. The third kappa shape index (κ3) is 4.40. The molecule has 0 unspecified atom stereocenters. The molecule has 5 heteroatoms. The van der Waals surface area contributed by atoms with E-state index in [4.69, 9.17) is 9.47 Å². The van der Waals surface area contributed by atoms with Crippen molar-refractivity contribution in [2.45, 2.75) is 6.42 Å². The van der Waals surface area contributed by atoms with E-state index in [-0.39, 0.29) is 5.78 Å². The highest BCUT2D eigenvalue weighted by Crippen LogP contribution is 2.32. The highest BCUT2D eigenvalue weighted by Gasteiger charge is 2.17. The maximum Gasteiger partial charge on any atom is 0.193 e. The smallest absolute Gasteiger partial charge is 0.193 e. The Morgan fingerprint density at radius 2 is 1.81 bits per heavy atom. The van der Waals surface area contributed by atoms with E-state index in [9.17, 15) is 9.59 Å². The Labute approximate surface area is 186 Å². The van der Waals surface area contributed by atoms with Gasteiger partial charge in [0.05, 0.1) is 19.8 Å². The van der Waals surface area contributed by atoms with Gasteiger partial charge in [0.2, 0.25) is 0 Å². The van der Waals surface area contributed by atoms with Gasteiger partial charge in [0.25, 0.3) is 0 Å². The maximum atomic E-state index is 13.1. The zero-order chi connectivity index (χ0) is 22.5. The van der Waals surface area contributed by atoms with Crippen molar-refractivity contribution in [3.05, 3.63) is 89.5 Å². The molecule has 0 saturated carbocycles. The van der Waals surface area contributed by atoms with Crippen LogP contribution >= 0.6 is 0 Å². The van der Waals surface area contributed by atoms with Gasteiger partial charge in [-0.3, -0.25) is 9.59 Å². The number of allylic oxidation sites excluding steroid dienone is 1. The normalized spacial score (nSPS) is 11.2. The van der Waals surface area contributed by atoms with Crippen molar-refractivity contribution in [2.75, 3.05) is 26.9 Å². The number of nitrogens with one attached hydrogen (secondary N) is 1. The lowest BCUT2D eigenvalue weighted by Crippen LogP contribution is -2.06. The SMILES string of the molecule is C=C(C(=O)c1cccc(C=O)c1)c1cc(CCOCCOC)c2[nH]c3ccccc3c2c1. The Bertz CT molecular complexity index is 1300. The molecule has 0 bridgehead atoms. The van der Waals surface area contributed by atoms with E-state index < -0.39 is 0 Å². The van der Waals surface area contributed by atoms with Crippen LogP contribution in [0.2, 0.25) is 0 Å². The lowest BCUT2D eigenvalue weighted by molar-refractivity contribution is 0.0723. The van der Waals surface area contributed by atoms with E-state index in [1.165, 1.54) is 0 Å². The fraction of sp³-hybridized carbons (Fsp3) is 0.185. The van der Waals surface area contributed by atoms with E-state index in [0.717, 1.165) is 39.2 Å². The first-order valence-corrected chi connectivity index (χ1v) is 10.5. The summed E-state index contributed by atoms with van der Waals surface area (Å²) in [5.74, 6) is -0.199. The Morgan fingerprint density at radius 3 is 2.62 bits per heavy atom. The number of carbonyl (C=O) groups is 2. The standard InChI is InChI=1S/C27H25NO4/c1-18(27(30)21-7-5-6-19(14-21)17-29)22-15-20(10-11-32-13-12-31-2)26-24(16-22)23-8-3-4-9-25(23)28-26/h3-9,14-17,28H,1,10-13H2,2H3. The molecule has 1 heterocycles. The van der Waals surface area contributed by atoms with Crippen molar-refractivity contribution in [2.24, 2.45) is 0 Å². The van der Waals surface area contributed by atoms with Gasteiger partial charge in [-0.05, 0) is 41.8 Å². The molecule has 1 N–H and O–H groups in total. The van der Waals surface area contributed by atoms with Crippen LogP contribution in [0.25, 0.3) is 27.4 Å². The first-order chi connectivity index (χ1) is 15.6. The first-order valence-electron chi connectivity index (χ1n) is 10.5. The number of carbonyl (C=O) groups excluding carboxylic acids is 2. The minimum absolute atomic E-state index is 0.199.